The molecule has 120 valence electrons. The summed E-state index contributed by atoms with van der Waals surface area (Å²) in [6.45, 7) is 1.72. The molecule has 24 heavy (non-hydrogen) atoms. The summed E-state index contributed by atoms with van der Waals surface area (Å²) in [6, 6.07) is 14.7. The van der Waals surface area contributed by atoms with Gasteiger partial charge in [0.05, 0.1) is 5.56 Å². The van der Waals surface area contributed by atoms with Crippen LogP contribution in [0.3, 0.4) is 0 Å². The van der Waals surface area contributed by atoms with Gasteiger partial charge in [0.15, 0.2) is 11.6 Å². The number of nitrogens with one attached hydrogen (secondary N) is 1. The first-order valence-electron chi connectivity index (χ1n) is 7.18. The molecule has 0 bridgehead atoms. The number of benzene rings is 2. The van der Waals surface area contributed by atoms with Crippen LogP contribution in [-0.4, -0.2) is 16.8 Å². The lowest BCUT2D eigenvalue weighted by Gasteiger charge is -2.08. The van der Waals surface area contributed by atoms with Gasteiger partial charge in [-0.3, -0.25) is 9.59 Å². The number of nitrogens with zero attached hydrogens (tertiary/aromatic N) is 1. The molecule has 2 aromatic carbocycles. The molecule has 1 N–H and O–H groups in total. The van der Waals surface area contributed by atoms with Crippen LogP contribution in [0.15, 0.2) is 59.1 Å². The highest BCUT2D eigenvalue weighted by atomic mass is 35.5. The molecule has 6 heteroatoms. The van der Waals surface area contributed by atoms with Crippen molar-refractivity contribution in [3.8, 4) is 0 Å². The number of aromatic nitrogens is 1. The molecule has 0 aliphatic carbocycles. The zero-order valence-electron chi connectivity index (χ0n) is 12.7. The van der Waals surface area contributed by atoms with Crippen molar-refractivity contribution in [2.75, 3.05) is 5.32 Å². The molecule has 0 radical (unpaired) electrons. The highest BCUT2D eigenvalue weighted by Crippen LogP contribution is 2.18. The normalized spacial score (nSPS) is 10.4. The van der Waals surface area contributed by atoms with Crippen LogP contribution in [0, 0.1) is 6.92 Å². The van der Waals surface area contributed by atoms with E-state index in [-0.39, 0.29) is 11.3 Å². The van der Waals surface area contributed by atoms with E-state index >= 15 is 0 Å². The summed E-state index contributed by atoms with van der Waals surface area (Å²) in [4.78, 5) is 25.2. The summed E-state index contributed by atoms with van der Waals surface area (Å²) in [5.41, 5.74) is 1.02. The Balaban J connectivity index is 1.91. The Hall–Kier alpha value is -2.92. The standard InChI is InChI=1S/C18H13ClN2O3/c1-11-10-16(21-24-11)20-18(23)15-5-3-2-4-14(15)17(22)12-6-8-13(19)9-7-12/h2-10H,1H3,(H,20,21,23). The Bertz CT molecular complexity index is 901. The molecule has 0 unspecified atom stereocenters. The summed E-state index contributed by atoms with van der Waals surface area (Å²) in [5.74, 6) is 0.192. The van der Waals surface area contributed by atoms with Crippen molar-refractivity contribution in [2.45, 2.75) is 6.92 Å². The Labute approximate surface area is 143 Å². The van der Waals surface area contributed by atoms with Crippen molar-refractivity contribution in [1.82, 2.24) is 5.16 Å². The third-order valence-electron chi connectivity index (χ3n) is 3.39. The first-order chi connectivity index (χ1) is 11.5. The van der Waals surface area contributed by atoms with Crippen molar-refractivity contribution in [3.05, 3.63) is 82.1 Å². The molecule has 0 fully saturated rings. The maximum absolute atomic E-state index is 12.7. The second kappa shape index (κ2) is 6.68. The van der Waals surface area contributed by atoms with Gasteiger partial charge in [-0.2, -0.15) is 0 Å². The summed E-state index contributed by atoms with van der Waals surface area (Å²) in [6.07, 6.45) is 0. The van der Waals surface area contributed by atoms with E-state index in [1.54, 1.807) is 61.5 Å². The number of ketones is 1. The topological polar surface area (TPSA) is 72.2 Å². The van der Waals surface area contributed by atoms with Gasteiger partial charge in [-0.1, -0.05) is 35.0 Å². The van der Waals surface area contributed by atoms with E-state index in [1.807, 2.05) is 0 Å². The highest BCUT2D eigenvalue weighted by Gasteiger charge is 2.18. The average Bonchev–Trinajstić information content (AvgIpc) is 3.00. The van der Waals surface area contributed by atoms with E-state index < -0.39 is 5.91 Å². The van der Waals surface area contributed by atoms with Crippen LogP contribution in [0.1, 0.15) is 32.0 Å². The van der Waals surface area contributed by atoms with Crippen molar-refractivity contribution in [1.29, 1.82) is 0 Å². The zero-order valence-corrected chi connectivity index (χ0v) is 13.5. The van der Waals surface area contributed by atoms with Crippen molar-refractivity contribution >= 4 is 29.1 Å². The van der Waals surface area contributed by atoms with Gasteiger partial charge in [0, 0.05) is 22.2 Å². The van der Waals surface area contributed by atoms with E-state index in [0.717, 1.165) is 0 Å². The first-order valence-corrected chi connectivity index (χ1v) is 7.56. The van der Waals surface area contributed by atoms with Gasteiger partial charge in [-0.05, 0) is 37.3 Å². The molecule has 1 aromatic heterocycles. The first kappa shape index (κ1) is 16.0. The molecule has 0 saturated heterocycles. The SMILES string of the molecule is Cc1cc(NC(=O)c2ccccc2C(=O)c2ccc(Cl)cc2)no1. The Morgan fingerprint density at radius 1 is 1.04 bits per heavy atom. The largest absolute Gasteiger partial charge is 0.360 e. The van der Waals surface area contributed by atoms with Crippen LogP contribution in [0.25, 0.3) is 0 Å². The predicted octanol–water partition coefficient (Wildman–Crippen LogP) is 4.12. The van der Waals surface area contributed by atoms with Gasteiger partial charge in [0.1, 0.15) is 5.76 Å². The van der Waals surface area contributed by atoms with E-state index in [0.29, 0.717) is 27.7 Å². The Kier molecular flexibility index (Phi) is 4.44. The molecule has 3 rings (SSSR count). The number of carbonyl (C=O) groups excluding carboxylic acids is 2. The van der Waals surface area contributed by atoms with Gasteiger partial charge in [-0.15, -0.1) is 0 Å². The van der Waals surface area contributed by atoms with E-state index in [4.69, 9.17) is 16.1 Å². The number of carbonyl (C=O) groups is 2. The van der Waals surface area contributed by atoms with E-state index in [1.165, 1.54) is 0 Å². The summed E-state index contributed by atoms with van der Waals surface area (Å²) >= 11 is 5.85. The summed E-state index contributed by atoms with van der Waals surface area (Å²) < 4.78 is 4.92. The van der Waals surface area contributed by atoms with Crippen molar-refractivity contribution in [3.63, 3.8) is 0 Å². The van der Waals surface area contributed by atoms with Crippen LogP contribution < -0.4 is 5.32 Å². The fourth-order valence-corrected chi connectivity index (χ4v) is 2.37. The van der Waals surface area contributed by atoms with Crippen LogP contribution >= 0.6 is 11.6 Å². The number of rotatable bonds is 4. The molecule has 1 amide bonds. The van der Waals surface area contributed by atoms with E-state index in [9.17, 15) is 9.59 Å². The van der Waals surface area contributed by atoms with Gasteiger partial charge >= 0.3 is 0 Å². The van der Waals surface area contributed by atoms with Crippen molar-refractivity contribution < 1.29 is 14.1 Å². The quantitative estimate of drug-likeness (QED) is 0.725. The Morgan fingerprint density at radius 2 is 1.71 bits per heavy atom. The van der Waals surface area contributed by atoms with E-state index in [2.05, 4.69) is 10.5 Å². The minimum atomic E-state index is -0.429. The average molecular weight is 341 g/mol. The van der Waals surface area contributed by atoms with Crippen molar-refractivity contribution in [2.24, 2.45) is 0 Å². The van der Waals surface area contributed by atoms with Crippen LogP contribution in [-0.2, 0) is 0 Å². The highest BCUT2D eigenvalue weighted by molar-refractivity contribution is 6.30. The van der Waals surface area contributed by atoms with Gasteiger partial charge in [0.25, 0.3) is 5.91 Å². The maximum atomic E-state index is 12.7. The number of hydrogen-bond donors (Lipinski definition) is 1. The number of halogens is 1. The van der Waals surface area contributed by atoms with Crippen LogP contribution in [0.2, 0.25) is 5.02 Å². The third kappa shape index (κ3) is 3.36. The fraction of sp³-hybridized carbons (Fsp3) is 0.0556. The van der Waals surface area contributed by atoms with Gasteiger partial charge < -0.3 is 9.84 Å². The minimum absolute atomic E-state index is 0.256. The molecular formula is C18H13ClN2O3. The lowest BCUT2D eigenvalue weighted by Crippen LogP contribution is -2.17. The number of anilines is 1. The molecule has 0 aliphatic rings. The summed E-state index contributed by atoms with van der Waals surface area (Å²) in [5, 5.41) is 6.88. The minimum Gasteiger partial charge on any atom is -0.360 e. The molecule has 0 spiro atoms. The molecule has 1 heterocycles. The maximum Gasteiger partial charge on any atom is 0.257 e. The van der Waals surface area contributed by atoms with Gasteiger partial charge in [-0.25, -0.2) is 0 Å². The number of amides is 1. The Morgan fingerprint density at radius 3 is 2.33 bits per heavy atom. The third-order valence-corrected chi connectivity index (χ3v) is 3.64. The molecule has 0 aliphatic heterocycles. The smallest absolute Gasteiger partial charge is 0.257 e. The molecular weight excluding hydrogens is 328 g/mol. The number of aryl methyl sites for hydroxylation is 1. The molecule has 3 aromatic rings. The molecule has 0 atom stereocenters. The van der Waals surface area contributed by atoms with Crippen LogP contribution in [0.5, 0.6) is 0 Å². The summed E-state index contributed by atoms with van der Waals surface area (Å²) in [7, 11) is 0. The second-order valence-corrected chi connectivity index (χ2v) is 5.59. The number of hydrogen-bond acceptors (Lipinski definition) is 4. The molecule has 5 nitrogen and oxygen atoms in total. The van der Waals surface area contributed by atoms with Gasteiger partial charge in [0.2, 0.25) is 0 Å². The molecule has 0 saturated carbocycles. The lowest BCUT2D eigenvalue weighted by molar-refractivity contribution is 0.0996. The monoisotopic (exact) mass is 340 g/mol. The fourth-order valence-electron chi connectivity index (χ4n) is 2.24. The van der Waals surface area contributed by atoms with Crippen LogP contribution in [0.4, 0.5) is 5.82 Å². The zero-order chi connectivity index (χ0) is 17.1. The second-order valence-electron chi connectivity index (χ2n) is 5.16. The lowest BCUT2D eigenvalue weighted by atomic mass is 9.98. The predicted molar refractivity (Wildman–Crippen MR) is 90.5 cm³/mol.